The minimum absolute atomic E-state index is 0.113. The van der Waals surface area contributed by atoms with Gasteiger partial charge in [-0.1, -0.05) is 35.0 Å². The molecule has 3 rings (SSSR count). The Bertz CT molecular complexity index is 623. The normalized spacial score (nSPS) is 20.7. The largest absolute Gasteiger partial charge is 0.302 e. The number of thiazole rings is 1. The summed E-state index contributed by atoms with van der Waals surface area (Å²) >= 11 is 4.98. The van der Waals surface area contributed by atoms with E-state index in [-0.39, 0.29) is 11.8 Å². The molecule has 0 bridgehead atoms. The molecular weight excluding hydrogens is 336 g/mol. The molecule has 3 nitrogen and oxygen atoms in total. The van der Waals surface area contributed by atoms with E-state index in [9.17, 15) is 4.79 Å². The summed E-state index contributed by atoms with van der Waals surface area (Å²) in [7, 11) is 0. The fraction of sp³-hybridized carbons (Fsp3) is 0.333. The van der Waals surface area contributed by atoms with E-state index in [1.807, 2.05) is 18.3 Å². The maximum atomic E-state index is 11.8. The van der Waals surface area contributed by atoms with Crippen LogP contribution in [0.15, 0.2) is 34.9 Å². The minimum atomic E-state index is 0.113. The van der Waals surface area contributed by atoms with Gasteiger partial charge in [-0.25, -0.2) is 4.98 Å². The number of carbonyl (C=O) groups excluding carboxylic acids is 1. The van der Waals surface area contributed by atoms with Gasteiger partial charge in [0.2, 0.25) is 5.91 Å². The molecule has 1 N–H and O–H groups in total. The number of nitrogens with one attached hydrogen (secondary N) is 1. The molecule has 1 aliphatic rings. The van der Waals surface area contributed by atoms with Gasteiger partial charge in [0.15, 0.2) is 5.13 Å². The number of hydrogen-bond acceptors (Lipinski definition) is 3. The Kier molecular flexibility index (Phi) is 3.89. The lowest BCUT2D eigenvalue weighted by atomic mass is 10.1. The first-order valence-corrected chi connectivity index (χ1v) is 8.23. The molecule has 1 aromatic heterocycles. The van der Waals surface area contributed by atoms with E-state index in [0.717, 1.165) is 22.2 Å². The lowest BCUT2D eigenvalue weighted by molar-refractivity contribution is -0.117. The molecule has 0 saturated heterocycles. The number of aromatic nitrogens is 1. The maximum absolute atomic E-state index is 11.8. The van der Waals surface area contributed by atoms with Gasteiger partial charge in [-0.15, -0.1) is 11.3 Å². The van der Waals surface area contributed by atoms with Crippen LogP contribution in [-0.2, 0) is 11.2 Å². The van der Waals surface area contributed by atoms with Crippen LogP contribution in [0.3, 0.4) is 0 Å². The quantitative estimate of drug-likeness (QED) is 0.902. The molecule has 5 heteroatoms. The molecule has 2 atom stereocenters. The SMILES string of the molecule is C[C@H]1C[C@@H]1C(=O)Nc1ncc(Cc2ccc(Br)cc2)s1. The highest BCUT2D eigenvalue weighted by molar-refractivity contribution is 9.10. The zero-order valence-electron chi connectivity index (χ0n) is 11.1. The van der Waals surface area contributed by atoms with Crippen molar-refractivity contribution in [1.82, 2.24) is 4.98 Å². The zero-order valence-corrected chi connectivity index (χ0v) is 13.5. The van der Waals surface area contributed by atoms with E-state index in [1.165, 1.54) is 5.56 Å². The Morgan fingerprint density at radius 1 is 1.45 bits per heavy atom. The maximum Gasteiger partial charge on any atom is 0.229 e. The van der Waals surface area contributed by atoms with Gasteiger partial charge in [0.05, 0.1) is 0 Å². The summed E-state index contributed by atoms with van der Waals surface area (Å²) in [6.45, 7) is 2.10. The van der Waals surface area contributed by atoms with Crippen molar-refractivity contribution >= 4 is 38.3 Å². The van der Waals surface area contributed by atoms with Crippen molar-refractivity contribution in [1.29, 1.82) is 0 Å². The first kappa shape index (κ1) is 13.8. The molecule has 1 saturated carbocycles. The molecule has 0 spiro atoms. The first-order chi connectivity index (χ1) is 9.61. The van der Waals surface area contributed by atoms with E-state index in [0.29, 0.717) is 11.0 Å². The number of amides is 1. The van der Waals surface area contributed by atoms with Gasteiger partial charge < -0.3 is 5.32 Å². The highest BCUT2D eigenvalue weighted by atomic mass is 79.9. The summed E-state index contributed by atoms with van der Waals surface area (Å²) in [5, 5.41) is 3.62. The third-order valence-electron chi connectivity index (χ3n) is 3.52. The number of nitrogens with zero attached hydrogens (tertiary/aromatic N) is 1. The van der Waals surface area contributed by atoms with Gasteiger partial charge in [-0.05, 0) is 30.0 Å². The second kappa shape index (κ2) is 5.66. The van der Waals surface area contributed by atoms with Crippen LogP contribution in [-0.4, -0.2) is 10.9 Å². The second-order valence-corrected chi connectivity index (χ2v) is 7.27. The van der Waals surface area contributed by atoms with Crippen molar-refractivity contribution in [2.24, 2.45) is 11.8 Å². The van der Waals surface area contributed by atoms with Gasteiger partial charge in [-0.2, -0.15) is 0 Å². The van der Waals surface area contributed by atoms with Gasteiger partial charge in [-0.3, -0.25) is 4.79 Å². The summed E-state index contributed by atoms with van der Waals surface area (Å²) in [6.07, 6.45) is 3.70. The molecule has 1 amide bonds. The van der Waals surface area contributed by atoms with Crippen LogP contribution in [0, 0.1) is 11.8 Å². The van der Waals surface area contributed by atoms with Crippen molar-refractivity contribution in [2.75, 3.05) is 5.32 Å². The summed E-state index contributed by atoms with van der Waals surface area (Å²) < 4.78 is 1.08. The monoisotopic (exact) mass is 350 g/mol. The smallest absolute Gasteiger partial charge is 0.229 e. The fourth-order valence-electron chi connectivity index (χ4n) is 2.14. The predicted octanol–water partition coefficient (Wildman–Crippen LogP) is 4.09. The van der Waals surface area contributed by atoms with Crippen molar-refractivity contribution in [3.8, 4) is 0 Å². The van der Waals surface area contributed by atoms with Crippen LogP contribution in [0.2, 0.25) is 0 Å². The molecule has 1 heterocycles. The molecule has 1 fully saturated rings. The average Bonchev–Trinajstić information content (AvgIpc) is 3.00. The highest BCUT2D eigenvalue weighted by Gasteiger charge is 2.39. The van der Waals surface area contributed by atoms with Crippen molar-refractivity contribution in [2.45, 2.75) is 19.8 Å². The van der Waals surface area contributed by atoms with E-state index in [1.54, 1.807) is 11.3 Å². The van der Waals surface area contributed by atoms with Crippen LogP contribution < -0.4 is 5.32 Å². The third kappa shape index (κ3) is 3.27. The van der Waals surface area contributed by atoms with Crippen molar-refractivity contribution < 1.29 is 4.79 Å². The lowest BCUT2D eigenvalue weighted by Gasteiger charge is -1.99. The molecule has 2 aromatic rings. The Morgan fingerprint density at radius 3 is 2.80 bits per heavy atom. The molecule has 1 aliphatic carbocycles. The van der Waals surface area contributed by atoms with Gasteiger partial charge in [0, 0.05) is 27.9 Å². The third-order valence-corrected chi connectivity index (χ3v) is 4.96. The summed E-state index contributed by atoms with van der Waals surface area (Å²) in [5.74, 6) is 0.827. The Hall–Kier alpha value is -1.20. The van der Waals surface area contributed by atoms with Crippen LogP contribution in [0.4, 0.5) is 5.13 Å². The molecule has 1 aromatic carbocycles. The summed E-state index contributed by atoms with van der Waals surface area (Å²) in [4.78, 5) is 17.3. The minimum Gasteiger partial charge on any atom is -0.302 e. The van der Waals surface area contributed by atoms with Crippen LogP contribution in [0.1, 0.15) is 23.8 Å². The lowest BCUT2D eigenvalue weighted by Crippen LogP contribution is -2.13. The number of anilines is 1. The average molecular weight is 351 g/mol. The predicted molar refractivity (Wildman–Crippen MR) is 85.0 cm³/mol. The van der Waals surface area contributed by atoms with Crippen molar-refractivity contribution in [3.05, 3.63) is 45.4 Å². The summed E-state index contributed by atoms with van der Waals surface area (Å²) in [5.41, 5.74) is 1.24. The van der Waals surface area contributed by atoms with Gasteiger partial charge in [0.1, 0.15) is 0 Å². The van der Waals surface area contributed by atoms with Crippen molar-refractivity contribution in [3.63, 3.8) is 0 Å². The van der Waals surface area contributed by atoms with Gasteiger partial charge in [0.25, 0.3) is 0 Å². The molecule has 20 heavy (non-hydrogen) atoms. The molecule has 0 radical (unpaired) electrons. The number of carbonyl (C=O) groups is 1. The Morgan fingerprint density at radius 2 is 2.15 bits per heavy atom. The topological polar surface area (TPSA) is 42.0 Å². The number of halogens is 1. The number of hydrogen-bond donors (Lipinski definition) is 1. The second-order valence-electron chi connectivity index (χ2n) is 5.24. The summed E-state index contributed by atoms with van der Waals surface area (Å²) in [6, 6.07) is 8.25. The van der Waals surface area contributed by atoms with E-state index in [2.05, 4.69) is 45.3 Å². The highest BCUT2D eigenvalue weighted by Crippen LogP contribution is 2.38. The standard InChI is InChI=1S/C15H15BrN2OS/c1-9-6-13(9)14(19)18-15-17-8-12(20-15)7-10-2-4-11(16)5-3-10/h2-5,8-9,13H,6-7H2,1H3,(H,17,18,19)/t9-,13-/m0/s1. The fourth-order valence-corrected chi connectivity index (χ4v) is 3.25. The van der Waals surface area contributed by atoms with Gasteiger partial charge >= 0.3 is 0 Å². The molecule has 0 aliphatic heterocycles. The number of rotatable bonds is 4. The Labute approximate surface area is 130 Å². The van der Waals surface area contributed by atoms with E-state index >= 15 is 0 Å². The van der Waals surface area contributed by atoms with E-state index in [4.69, 9.17) is 0 Å². The molecule has 104 valence electrons. The van der Waals surface area contributed by atoms with Crippen LogP contribution >= 0.6 is 27.3 Å². The molecule has 0 unspecified atom stereocenters. The Balaban J connectivity index is 1.61. The molecular formula is C15H15BrN2OS. The van der Waals surface area contributed by atoms with Crippen LogP contribution in [0.5, 0.6) is 0 Å². The zero-order chi connectivity index (χ0) is 14.1. The van der Waals surface area contributed by atoms with E-state index < -0.39 is 0 Å². The number of benzene rings is 1. The van der Waals surface area contributed by atoms with Crippen LogP contribution in [0.25, 0.3) is 0 Å². The first-order valence-electron chi connectivity index (χ1n) is 6.62.